The fourth-order valence-corrected chi connectivity index (χ4v) is 4.10. The van der Waals surface area contributed by atoms with Crippen LogP contribution in [0.5, 0.6) is 0 Å². The molecule has 0 spiro atoms. The molecule has 0 aliphatic heterocycles. The Bertz CT molecular complexity index is 919. The van der Waals surface area contributed by atoms with E-state index >= 15 is 0 Å². The van der Waals surface area contributed by atoms with Gasteiger partial charge in [0.2, 0.25) is 15.9 Å². The molecule has 0 aliphatic carbocycles. The van der Waals surface area contributed by atoms with Gasteiger partial charge in [-0.1, -0.05) is 48.5 Å². The Morgan fingerprint density at radius 3 is 2.52 bits per heavy atom. The maximum absolute atomic E-state index is 13.7. The highest BCUT2D eigenvalue weighted by Crippen LogP contribution is 2.08. The second-order valence-electron chi connectivity index (χ2n) is 6.34. The average molecular weight is 437 g/mol. The summed E-state index contributed by atoms with van der Waals surface area (Å²) in [7, 11) is -3.80. The van der Waals surface area contributed by atoms with E-state index in [4.69, 9.17) is 0 Å². The van der Waals surface area contributed by atoms with Crippen LogP contribution in [-0.2, 0) is 21.2 Å². The molecule has 8 heteroatoms. The summed E-state index contributed by atoms with van der Waals surface area (Å²) in [5, 5.41) is 3.75. The molecule has 1 unspecified atom stereocenters. The highest BCUT2D eigenvalue weighted by atomic mass is 32.2. The maximum atomic E-state index is 13.7. The van der Waals surface area contributed by atoms with Crippen molar-refractivity contribution in [1.82, 2.24) is 10.0 Å². The molecule has 29 heavy (non-hydrogen) atoms. The van der Waals surface area contributed by atoms with E-state index in [-0.39, 0.29) is 12.4 Å². The Morgan fingerprint density at radius 2 is 1.83 bits per heavy atom. The van der Waals surface area contributed by atoms with Crippen molar-refractivity contribution >= 4 is 33.8 Å². The smallest absolute Gasteiger partial charge is 0.238 e. The molecule has 1 atom stereocenters. The van der Waals surface area contributed by atoms with Crippen LogP contribution in [-0.4, -0.2) is 38.9 Å². The normalized spacial score (nSPS) is 12.8. The molecule has 0 saturated carbocycles. The third kappa shape index (κ3) is 8.39. The van der Waals surface area contributed by atoms with Gasteiger partial charge in [0.05, 0.1) is 0 Å². The van der Waals surface area contributed by atoms with Gasteiger partial charge in [0, 0.05) is 12.0 Å². The second-order valence-corrected chi connectivity index (χ2v) is 8.93. The topological polar surface area (TPSA) is 75.3 Å². The molecule has 0 bridgehead atoms. The Kier molecular flexibility index (Phi) is 9.37. The van der Waals surface area contributed by atoms with Crippen molar-refractivity contribution in [2.75, 3.05) is 18.6 Å². The van der Waals surface area contributed by atoms with Crippen LogP contribution in [0.3, 0.4) is 0 Å². The largest absolute Gasteiger partial charge is 0.354 e. The maximum Gasteiger partial charge on any atom is 0.238 e. The molecule has 0 aromatic heterocycles. The van der Waals surface area contributed by atoms with E-state index < -0.39 is 22.0 Å². The van der Waals surface area contributed by atoms with Gasteiger partial charge in [-0.2, -0.15) is 16.5 Å². The van der Waals surface area contributed by atoms with E-state index in [1.54, 1.807) is 30.3 Å². The number of hydrogen-bond acceptors (Lipinski definition) is 4. The molecule has 0 aliphatic rings. The van der Waals surface area contributed by atoms with E-state index in [9.17, 15) is 17.6 Å². The van der Waals surface area contributed by atoms with Crippen molar-refractivity contribution < 1.29 is 17.6 Å². The molecule has 0 fully saturated rings. The van der Waals surface area contributed by atoms with E-state index in [1.807, 2.05) is 24.5 Å². The van der Waals surface area contributed by atoms with E-state index in [1.165, 1.54) is 23.9 Å². The van der Waals surface area contributed by atoms with Crippen LogP contribution in [0.15, 0.2) is 60.0 Å². The lowest BCUT2D eigenvalue weighted by Crippen LogP contribution is -2.46. The van der Waals surface area contributed by atoms with Crippen LogP contribution in [0, 0.1) is 5.82 Å². The van der Waals surface area contributed by atoms with Gasteiger partial charge < -0.3 is 5.32 Å². The minimum atomic E-state index is -3.80. The highest BCUT2D eigenvalue weighted by Gasteiger charge is 2.22. The molecular weight excluding hydrogens is 411 g/mol. The third-order valence-corrected chi connectivity index (χ3v) is 5.88. The molecule has 1 amide bonds. The van der Waals surface area contributed by atoms with Crippen LogP contribution in [0.1, 0.15) is 17.5 Å². The molecule has 156 valence electrons. The van der Waals surface area contributed by atoms with Gasteiger partial charge in [-0.15, -0.1) is 0 Å². The molecule has 2 rings (SSSR count). The Hall–Kier alpha value is -2.16. The van der Waals surface area contributed by atoms with Crippen molar-refractivity contribution in [3.8, 4) is 0 Å². The monoisotopic (exact) mass is 436 g/mol. The minimum absolute atomic E-state index is 0.219. The first-order valence-corrected chi connectivity index (χ1v) is 12.1. The predicted octanol–water partition coefficient (Wildman–Crippen LogP) is 3.20. The zero-order valence-corrected chi connectivity index (χ0v) is 17.8. The quantitative estimate of drug-likeness (QED) is 0.567. The summed E-state index contributed by atoms with van der Waals surface area (Å²) in [6.07, 6.45) is 4.04. The molecule has 2 aromatic rings. The standard InChI is InChI=1S/C21H25FN2O3S2/c1-28-15-12-20(21(25)23-14-11-18-9-5-6-10-19(18)22)24-29(26,27)16-13-17-7-3-2-4-8-17/h2-10,13,16,20,24H,11-12,14-15H2,1H3,(H,23,25)/b16-13+. The van der Waals surface area contributed by atoms with Gasteiger partial charge in [-0.05, 0) is 48.1 Å². The van der Waals surface area contributed by atoms with Crippen molar-refractivity contribution in [3.63, 3.8) is 0 Å². The lowest BCUT2D eigenvalue weighted by atomic mass is 10.1. The minimum Gasteiger partial charge on any atom is -0.354 e. The van der Waals surface area contributed by atoms with Gasteiger partial charge in [0.15, 0.2) is 0 Å². The Morgan fingerprint density at radius 1 is 1.14 bits per heavy atom. The van der Waals surface area contributed by atoms with Gasteiger partial charge in [0.1, 0.15) is 11.9 Å². The summed E-state index contributed by atoms with van der Waals surface area (Å²) in [4.78, 5) is 12.5. The molecule has 0 saturated heterocycles. The van der Waals surface area contributed by atoms with Crippen molar-refractivity contribution in [2.45, 2.75) is 18.9 Å². The van der Waals surface area contributed by atoms with Crippen molar-refractivity contribution in [3.05, 3.63) is 76.9 Å². The average Bonchev–Trinajstić information content (AvgIpc) is 2.71. The first kappa shape index (κ1) is 23.1. The van der Waals surface area contributed by atoms with E-state index in [0.717, 1.165) is 11.0 Å². The number of sulfonamides is 1. The van der Waals surface area contributed by atoms with Gasteiger partial charge >= 0.3 is 0 Å². The fraction of sp³-hybridized carbons (Fsp3) is 0.286. The van der Waals surface area contributed by atoms with E-state index in [2.05, 4.69) is 10.0 Å². The van der Waals surface area contributed by atoms with Crippen LogP contribution in [0.2, 0.25) is 0 Å². The van der Waals surface area contributed by atoms with Crippen molar-refractivity contribution in [2.24, 2.45) is 0 Å². The van der Waals surface area contributed by atoms with Crippen LogP contribution in [0.4, 0.5) is 4.39 Å². The zero-order valence-electron chi connectivity index (χ0n) is 16.2. The summed E-state index contributed by atoms with van der Waals surface area (Å²) in [5.41, 5.74) is 1.24. The lowest BCUT2D eigenvalue weighted by molar-refractivity contribution is -0.122. The lowest BCUT2D eigenvalue weighted by Gasteiger charge is -2.17. The van der Waals surface area contributed by atoms with Gasteiger partial charge in [0.25, 0.3) is 0 Å². The number of thioether (sulfide) groups is 1. The predicted molar refractivity (Wildman–Crippen MR) is 117 cm³/mol. The van der Waals surface area contributed by atoms with Crippen LogP contribution < -0.4 is 10.0 Å². The fourth-order valence-electron chi connectivity index (χ4n) is 2.59. The van der Waals surface area contributed by atoms with Crippen LogP contribution >= 0.6 is 11.8 Å². The number of nitrogens with one attached hydrogen (secondary N) is 2. The number of benzene rings is 2. The number of halogens is 1. The molecule has 0 radical (unpaired) electrons. The molecule has 0 heterocycles. The van der Waals surface area contributed by atoms with Crippen molar-refractivity contribution in [1.29, 1.82) is 0 Å². The Labute approximate surface area is 175 Å². The van der Waals surface area contributed by atoms with Gasteiger partial charge in [-0.25, -0.2) is 12.8 Å². The molecular formula is C21H25FN2O3S2. The van der Waals surface area contributed by atoms with Crippen LogP contribution in [0.25, 0.3) is 6.08 Å². The molecule has 2 aromatic carbocycles. The number of carbonyl (C=O) groups is 1. The first-order chi connectivity index (χ1) is 13.9. The molecule has 2 N–H and O–H groups in total. The number of rotatable bonds is 11. The number of carbonyl (C=O) groups excluding carboxylic acids is 1. The second kappa shape index (κ2) is 11.7. The zero-order chi connectivity index (χ0) is 21.1. The summed E-state index contributed by atoms with van der Waals surface area (Å²) in [6.45, 7) is 0.219. The third-order valence-electron chi connectivity index (χ3n) is 4.12. The van der Waals surface area contributed by atoms with Gasteiger partial charge in [-0.3, -0.25) is 4.79 Å². The summed E-state index contributed by atoms with van der Waals surface area (Å²) >= 11 is 1.52. The van der Waals surface area contributed by atoms with E-state index in [0.29, 0.717) is 24.2 Å². The first-order valence-electron chi connectivity index (χ1n) is 9.17. The SMILES string of the molecule is CSCCC(NS(=O)(=O)/C=C/c1ccccc1)C(=O)NCCc1ccccc1F. The summed E-state index contributed by atoms with van der Waals surface area (Å²) < 4.78 is 40.9. The number of amides is 1. The summed E-state index contributed by atoms with van der Waals surface area (Å²) in [5.74, 6) is -0.129. The summed E-state index contributed by atoms with van der Waals surface area (Å²) in [6, 6.07) is 14.5. The Balaban J connectivity index is 1.96. The number of hydrogen-bond donors (Lipinski definition) is 2. The highest BCUT2D eigenvalue weighted by molar-refractivity contribution is 7.98. The molecule has 5 nitrogen and oxygen atoms in total.